The van der Waals surface area contributed by atoms with Crippen molar-refractivity contribution in [3.05, 3.63) is 17.7 Å². The van der Waals surface area contributed by atoms with Crippen LogP contribution in [0.5, 0.6) is 0 Å². The number of rotatable bonds is 3. The normalized spacial score (nSPS) is 20.4. The molecule has 7 nitrogen and oxygen atoms in total. The molecule has 1 amide bonds. The van der Waals surface area contributed by atoms with Crippen LogP contribution in [-0.2, 0) is 11.3 Å². The number of nitrogens with zero attached hydrogens (tertiary/aromatic N) is 4. The minimum Gasteiger partial charge on any atom is -0.475 e. The number of carboxylic acid groups (broad SMARTS) is 1. The maximum Gasteiger partial charge on any atom is 0.490 e. The van der Waals surface area contributed by atoms with Gasteiger partial charge in [0.15, 0.2) is 0 Å². The van der Waals surface area contributed by atoms with Gasteiger partial charge >= 0.3 is 12.1 Å². The number of hydrogen-bond donors (Lipinski definition) is 1. The van der Waals surface area contributed by atoms with Crippen molar-refractivity contribution in [2.75, 3.05) is 27.2 Å². The number of hydrogen-bond acceptors (Lipinski definition) is 4. The summed E-state index contributed by atoms with van der Waals surface area (Å²) in [6.45, 7) is 5.42. The minimum atomic E-state index is -5.08. The zero-order valence-corrected chi connectivity index (χ0v) is 17.1. The van der Waals surface area contributed by atoms with Crippen molar-refractivity contribution >= 4 is 11.9 Å². The fraction of sp³-hybridized carbons (Fsp3) is 0.737. The van der Waals surface area contributed by atoms with E-state index in [0.29, 0.717) is 11.7 Å². The molecule has 3 rings (SSSR count). The fourth-order valence-corrected chi connectivity index (χ4v) is 3.82. The quantitative estimate of drug-likeness (QED) is 0.816. The van der Waals surface area contributed by atoms with Gasteiger partial charge in [-0.3, -0.25) is 9.69 Å². The molecular weight excluding hydrogens is 389 g/mol. The molecule has 1 saturated carbocycles. The molecule has 0 spiro atoms. The summed E-state index contributed by atoms with van der Waals surface area (Å²) in [5.74, 6) is -0.867. The van der Waals surface area contributed by atoms with E-state index in [2.05, 4.69) is 21.4 Å². The monoisotopic (exact) mass is 418 g/mol. The Bertz CT molecular complexity index is 712. The second-order valence-corrected chi connectivity index (χ2v) is 7.86. The number of carbonyl (C=O) groups excluding carboxylic acids is 1. The average molecular weight is 418 g/mol. The van der Waals surface area contributed by atoms with E-state index >= 15 is 0 Å². The Kier molecular flexibility index (Phi) is 7.67. The molecule has 1 aliphatic heterocycles. The van der Waals surface area contributed by atoms with Crippen molar-refractivity contribution in [3.63, 3.8) is 0 Å². The third-order valence-corrected chi connectivity index (χ3v) is 5.44. The summed E-state index contributed by atoms with van der Waals surface area (Å²) in [5.41, 5.74) is 0.575. The second-order valence-electron chi connectivity index (χ2n) is 7.86. The summed E-state index contributed by atoms with van der Waals surface area (Å²) in [4.78, 5) is 29.8. The molecule has 2 aliphatic rings. The zero-order valence-electron chi connectivity index (χ0n) is 17.1. The van der Waals surface area contributed by atoms with Crippen LogP contribution >= 0.6 is 0 Å². The van der Waals surface area contributed by atoms with Crippen molar-refractivity contribution in [2.45, 2.75) is 57.8 Å². The molecule has 1 fully saturated rings. The Balaban J connectivity index is 0.000000370. The minimum absolute atomic E-state index is 0.00655. The largest absolute Gasteiger partial charge is 0.490 e. The number of fused-ring (bicyclic) bond motifs is 1. The first-order chi connectivity index (χ1) is 13.5. The highest BCUT2D eigenvalue weighted by Crippen LogP contribution is 2.30. The van der Waals surface area contributed by atoms with Gasteiger partial charge in [-0.05, 0) is 25.7 Å². The van der Waals surface area contributed by atoms with E-state index in [-0.39, 0.29) is 5.91 Å². The summed E-state index contributed by atoms with van der Waals surface area (Å²) in [6, 6.07) is 0.305. The molecular formula is C19H29F3N4O3. The van der Waals surface area contributed by atoms with Gasteiger partial charge in [-0.1, -0.05) is 19.3 Å². The Labute approximate surface area is 168 Å². The van der Waals surface area contributed by atoms with Crippen LogP contribution < -0.4 is 0 Å². The van der Waals surface area contributed by atoms with Gasteiger partial charge in [0, 0.05) is 39.9 Å². The average Bonchev–Trinajstić information content (AvgIpc) is 3.09. The zero-order chi connectivity index (χ0) is 21.8. The van der Waals surface area contributed by atoms with Gasteiger partial charge in [0.2, 0.25) is 0 Å². The maximum absolute atomic E-state index is 12.1. The summed E-state index contributed by atoms with van der Waals surface area (Å²) < 4.78 is 33.9. The number of aromatic nitrogens is 2. The summed E-state index contributed by atoms with van der Waals surface area (Å²) in [6.07, 6.45) is 3.79. The molecule has 1 atom stereocenters. The number of aliphatic carboxylic acids is 1. The van der Waals surface area contributed by atoms with E-state index in [0.717, 1.165) is 24.8 Å². The van der Waals surface area contributed by atoms with E-state index in [4.69, 9.17) is 9.90 Å². The fourth-order valence-electron chi connectivity index (χ4n) is 3.82. The number of imidazole rings is 1. The maximum atomic E-state index is 12.1. The highest BCUT2D eigenvalue weighted by Gasteiger charge is 2.38. The molecule has 164 valence electrons. The first-order valence-corrected chi connectivity index (χ1v) is 9.83. The van der Waals surface area contributed by atoms with Crippen molar-refractivity contribution in [2.24, 2.45) is 5.92 Å². The summed E-state index contributed by atoms with van der Waals surface area (Å²) in [7, 11) is 3.55. The van der Waals surface area contributed by atoms with Gasteiger partial charge in [-0.25, -0.2) is 9.78 Å². The third kappa shape index (κ3) is 6.19. The lowest BCUT2D eigenvalue weighted by Crippen LogP contribution is -2.40. The number of carbonyl (C=O) groups is 2. The van der Waals surface area contributed by atoms with Crippen LogP contribution in [0.1, 0.15) is 61.4 Å². The lowest BCUT2D eigenvalue weighted by Gasteiger charge is -2.37. The number of carboxylic acids is 1. The molecule has 0 radical (unpaired) electrons. The van der Waals surface area contributed by atoms with Crippen LogP contribution in [0.15, 0.2) is 6.20 Å². The Morgan fingerprint density at radius 1 is 1.21 bits per heavy atom. The lowest BCUT2D eigenvalue weighted by atomic mass is 9.88. The van der Waals surface area contributed by atoms with Crippen molar-refractivity contribution < 1.29 is 27.9 Å². The van der Waals surface area contributed by atoms with E-state index in [1.165, 1.54) is 38.6 Å². The molecule has 10 heteroatoms. The molecule has 0 bridgehead atoms. The predicted octanol–water partition coefficient (Wildman–Crippen LogP) is 3.18. The number of alkyl halides is 3. The van der Waals surface area contributed by atoms with E-state index < -0.39 is 12.1 Å². The third-order valence-electron chi connectivity index (χ3n) is 5.44. The predicted molar refractivity (Wildman–Crippen MR) is 100 cm³/mol. The van der Waals surface area contributed by atoms with Crippen molar-refractivity contribution in [1.82, 2.24) is 19.4 Å². The van der Waals surface area contributed by atoms with Gasteiger partial charge < -0.3 is 14.6 Å². The molecule has 1 aliphatic carbocycles. The van der Waals surface area contributed by atoms with Gasteiger partial charge in [-0.2, -0.15) is 13.2 Å². The van der Waals surface area contributed by atoms with Crippen LogP contribution in [0.4, 0.5) is 13.2 Å². The van der Waals surface area contributed by atoms with E-state index in [1.807, 2.05) is 6.20 Å². The molecule has 0 saturated heterocycles. The van der Waals surface area contributed by atoms with Crippen molar-refractivity contribution in [3.8, 4) is 0 Å². The van der Waals surface area contributed by atoms with E-state index in [1.54, 1.807) is 19.0 Å². The summed E-state index contributed by atoms with van der Waals surface area (Å²) >= 11 is 0. The molecule has 29 heavy (non-hydrogen) atoms. The first-order valence-electron chi connectivity index (χ1n) is 9.83. The summed E-state index contributed by atoms with van der Waals surface area (Å²) in [5, 5.41) is 7.12. The highest BCUT2D eigenvalue weighted by molar-refractivity contribution is 5.91. The topological polar surface area (TPSA) is 78.7 Å². The number of amides is 1. The molecule has 1 unspecified atom stereocenters. The Morgan fingerprint density at radius 2 is 1.79 bits per heavy atom. The molecule has 0 aromatic carbocycles. The van der Waals surface area contributed by atoms with Gasteiger partial charge in [0.05, 0.1) is 6.04 Å². The highest BCUT2D eigenvalue weighted by atomic mass is 19.4. The van der Waals surface area contributed by atoms with Crippen LogP contribution in [0.25, 0.3) is 0 Å². The Morgan fingerprint density at radius 3 is 2.31 bits per heavy atom. The standard InChI is InChI=1S/C17H28N4O.C2HF3O2/c1-13-16-18-15(17(22)19(2)3)12-21(16)10-9-20(13)11-14-7-5-4-6-8-14;3-2(4,5)1(6)7/h12-14H,4-11H2,1-3H3;(H,6,7). The number of halogens is 3. The van der Waals surface area contributed by atoms with Crippen LogP contribution in [0, 0.1) is 5.92 Å². The smallest absolute Gasteiger partial charge is 0.475 e. The lowest BCUT2D eigenvalue weighted by molar-refractivity contribution is -0.192. The van der Waals surface area contributed by atoms with Gasteiger partial charge in [-0.15, -0.1) is 0 Å². The molecule has 2 heterocycles. The molecule has 1 aromatic rings. The second kappa shape index (κ2) is 9.60. The van der Waals surface area contributed by atoms with Crippen molar-refractivity contribution in [1.29, 1.82) is 0 Å². The SMILES string of the molecule is CC1c2nc(C(=O)N(C)C)cn2CCN1CC1CCCCC1.O=C(O)C(F)(F)F. The Hall–Kier alpha value is -2.10. The van der Waals surface area contributed by atoms with Crippen LogP contribution in [-0.4, -0.2) is 69.7 Å². The van der Waals surface area contributed by atoms with Crippen LogP contribution in [0.3, 0.4) is 0 Å². The molecule has 1 aromatic heterocycles. The van der Waals surface area contributed by atoms with Crippen LogP contribution in [0.2, 0.25) is 0 Å². The van der Waals surface area contributed by atoms with Gasteiger partial charge in [0.25, 0.3) is 5.91 Å². The van der Waals surface area contributed by atoms with E-state index in [9.17, 15) is 18.0 Å². The van der Waals surface area contributed by atoms with Gasteiger partial charge in [0.1, 0.15) is 11.5 Å². The molecule has 1 N–H and O–H groups in total. The first kappa shape index (κ1) is 23.2.